The van der Waals surface area contributed by atoms with E-state index in [1.165, 1.54) is 35.2 Å². The van der Waals surface area contributed by atoms with Gasteiger partial charge in [0, 0.05) is 28.8 Å². The second-order valence-corrected chi connectivity index (χ2v) is 9.90. The first-order valence-corrected chi connectivity index (χ1v) is 12.3. The number of thioether (sulfide) groups is 1. The molecule has 1 amide bonds. The van der Waals surface area contributed by atoms with Crippen molar-refractivity contribution in [1.82, 2.24) is 9.97 Å². The number of aromatic nitrogens is 2. The number of nitrogens with zero attached hydrogens (tertiary/aromatic N) is 4. The van der Waals surface area contributed by atoms with Crippen LogP contribution < -0.4 is 5.32 Å². The first-order valence-electron chi connectivity index (χ1n) is 10.6. The summed E-state index contributed by atoms with van der Waals surface area (Å²) in [4.78, 5) is 32.5. The first kappa shape index (κ1) is 22.9. The monoisotopic (exact) mass is 479 g/mol. The van der Waals surface area contributed by atoms with Gasteiger partial charge in [-0.05, 0) is 44.2 Å². The molecular formula is C23H21N5O3S2. The van der Waals surface area contributed by atoms with E-state index < -0.39 is 10.2 Å². The molecule has 10 heteroatoms. The van der Waals surface area contributed by atoms with Gasteiger partial charge in [-0.1, -0.05) is 30.3 Å². The Bertz CT molecular complexity index is 1250. The van der Waals surface area contributed by atoms with Gasteiger partial charge >= 0.3 is 0 Å². The molecule has 168 valence electrons. The number of hydrogen-bond acceptors (Lipinski definition) is 8. The Morgan fingerprint density at radius 3 is 2.88 bits per heavy atom. The van der Waals surface area contributed by atoms with E-state index >= 15 is 0 Å². The zero-order chi connectivity index (χ0) is 23.4. The molecule has 1 aliphatic carbocycles. The summed E-state index contributed by atoms with van der Waals surface area (Å²) >= 11 is 2.52. The Balaban J connectivity index is 1.46. The number of carbonyl (C=O) groups excluding carboxylic acids is 1. The highest BCUT2D eigenvalue weighted by Crippen LogP contribution is 2.31. The molecule has 2 aromatic heterocycles. The van der Waals surface area contributed by atoms with Crippen LogP contribution in [0, 0.1) is 21.4 Å². The smallest absolute Gasteiger partial charge is 0.270 e. The van der Waals surface area contributed by atoms with Gasteiger partial charge in [0.15, 0.2) is 5.13 Å². The second-order valence-electron chi connectivity index (χ2n) is 7.71. The van der Waals surface area contributed by atoms with Gasteiger partial charge < -0.3 is 5.32 Å². The maximum absolute atomic E-state index is 12.8. The zero-order valence-electron chi connectivity index (χ0n) is 17.9. The molecule has 0 bridgehead atoms. The van der Waals surface area contributed by atoms with E-state index in [2.05, 4.69) is 16.4 Å². The summed E-state index contributed by atoms with van der Waals surface area (Å²) in [5.74, 6) is -0.249. The lowest BCUT2D eigenvalue weighted by molar-refractivity contribution is -0.384. The lowest BCUT2D eigenvalue weighted by atomic mass is 10.1. The summed E-state index contributed by atoms with van der Waals surface area (Å²) in [6.45, 7) is 1.77. The number of non-ortho nitro benzene ring substituents is 1. The van der Waals surface area contributed by atoms with Crippen molar-refractivity contribution >= 4 is 39.8 Å². The van der Waals surface area contributed by atoms with E-state index in [9.17, 15) is 20.2 Å². The maximum atomic E-state index is 12.8. The molecule has 1 aromatic carbocycles. The molecule has 1 unspecified atom stereocenters. The fourth-order valence-corrected chi connectivity index (χ4v) is 5.25. The Labute approximate surface area is 199 Å². The predicted molar refractivity (Wildman–Crippen MR) is 128 cm³/mol. The quantitative estimate of drug-likeness (QED) is 0.218. The summed E-state index contributed by atoms with van der Waals surface area (Å²) in [6, 6.07) is 10.4. The minimum atomic E-state index is -0.487. The number of carbonyl (C=O) groups is 1. The minimum absolute atomic E-state index is 0.0161. The number of fused-ring (bicyclic) bond motifs is 1. The predicted octanol–water partition coefficient (Wildman–Crippen LogP) is 5.37. The van der Waals surface area contributed by atoms with Crippen molar-refractivity contribution in [2.75, 3.05) is 5.32 Å². The highest BCUT2D eigenvalue weighted by Gasteiger charge is 2.21. The number of nitro benzene ring substituents is 1. The number of hydrogen-bond donors (Lipinski definition) is 1. The van der Waals surface area contributed by atoms with Gasteiger partial charge in [0.25, 0.3) is 5.69 Å². The number of thiazole rings is 1. The molecule has 2 heterocycles. The average Bonchev–Trinajstić information content (AvgIpc) is 3.16. The van der Waals surface area contributed by atoms with E-state index in [1.807, 2.05) is 6.07 Å². The van der Waals surface area contributed by atoms with Crippen molar-refractivity contribution < 1.29 is 9.72 Å². The van der Waals surface area contributed by atoms with Gasteiger partial charge in [-0.2, -0.15) is 5.26 Å². The fourth-order valence-electron chi connectivity index (χ4n) is 3.63. The Morgan fingerprint density at radius 2 is 2.09 bits per heavy atom. The third-order valence-electron chi connectivity index (χ3n) is 5.38. The molecule has 8 nitrogen and oxygen atoms in total. The van der Waals surface area contributed by atoms with Crippen LogP contribution in [0.15, 0.2) is 40.7 Å². The minimum Gasteiger partial charge on any atom is -0.301 e. The van der Waals surface area contributed by atoms with Gasteiger partial charge in [0.2, 0.25) is 5.91 Å². The SMILES string of the molecule is CC(Sc1nc2c(cc1C#N)CCCCC2)C(=O)Nc1nc(-c2cccc([N+](=O)[O-])c2)cs1. The molecule has 0 radical (unpaired) electrons. The van der Waals surface area contributed by atoms with Crippen LogP contribution >= 0.6 is 23.1 Å². The number of pyridine rings is 1. The van der Waals surface area contributed by atoms with E-state index in [4.69, 9.17) is 4.98 Å². The molecule has 33 heavy (non-hydrogen) atoms. The number of amides is 1. The van der Waals surface area contributed by atoms with E-state index in [1.54, 1.807) is 24.4 Å². The number of nitrogens with one attached hydrogen (secondary N) is 1. The molecule has 1 aliphatic rings. The van der Waals surface area contributed by atoms with Crippen LogP contribution in [0.3, 0.4) is 0 Å². The van der Waals surface area contributed by atoms with Crippen LogP contribution in [0.2, 0.25) is 0 Å². The van der Waals surface area contributed by atoms with Gasteiger partial charge in [-0.25, -0.2) is 9.97 Å². The number of rotatable bonds is 6. The van der Waals surface area contributed by atoms with Crippen molar-refractivity contribution in [1.29, 1.82) is 5.26 Å². The number of nitriles is 1. The third-order valence-corrected chi connectivity index (χ3v) is 7.24. The fraction of sp³-hybridized carbons (Fsp3) is 0.304. The first-order chi connectivity index (χ1) is 15.9. The molecule has 1 atom stereocenters. The topological polar surface area (TPSA) is 122 Å². The van der Waals surface area contributed by atoms with Crippen LogP contribution in [0.4, 0.5) is 10.8 Å². The third kappa shape index (κ3) is 5.38. The van der Waals surface area contributed by atoms with E-state index in [0.717, 1.165) is 43.4 Å². The van der Waals surface area contributed by atoms with Crippen molar-refractivity contribution in [3.05, 3.63) is 62.6 Å². The number of benzene rings is 1. The lowest BCUT2D eigenvalue weighted by Gasteiger charge is -2.13. The zero-order valence-corrected chi connectivity index (χ0v) is 19.5. The Morgan fingerprint density at radius 1 is 1.27 bits per heavy atom. The summed E-state index contributed by atoms with van der Waals surface area (Å²) in [7, 11) is 0. The molecule has 3 aromatic rings. The van der Waals surface area contributed by atoms with Gasteiger partial charge in [-0.15, -0.1) is 11.3 Å². The van der Waals surface area contributed by atoms with Crippen LogP contribution in [0.5, 0.6) is 0 Å². The van der Waals surface area contributed by atoms with Gasteiger partial charge in [-0.3, -0.25) is 14.9 Å². The second kappa shape index (κ2) is 10.1. The average molecular weight is 480 g/mol. The van der Waals surface area contributed by atoms with Crippen molar-refractivity contribution in [2.24, 2.45) is 0 Å². The maximum Gasteiger partial charge on any atom is 0.270 e. The number of aryl methyl sites for hydroxylation is 2. The summed E-state index contributed by atoms with van der Waals surface area (Å²) in [5, 5.41) is 25.6. The molecular weight excluding hydrogens is 458 g/mol. The molecule has 0 aliphatic heterocycles. The number of nitro groups is 1. The summed E-state index contributed by atoms with van der Waals surface area (Å²) in [6.07, 6.45) is 5.19. The molecule has 0 spiro atoms. The van der Waals surface area contributed by atoms with Crippen molar-refractivity contribution in [3.63, 3.8) is 0 Å². The Kier molecular flexibility index (Phi) is 7.01. The van der Waals surface area contributed by atoms with Crippen LogP contribution in [0.1, 0.15) is 43.0 Å². The highest BCUT2D eigenvalue weighted by atomic mass is 32.2. The lowest BCUT2D eigenvalue weighted by Crippen LogP contribution is -2.22. The normalized spacial score (nSPS) is 13.9. The largest absolute Gasteiger partial charge is 0.301 e. The molecule has 1 N–H and O–H groups in total. The molecule has 0 fully saturated rings. The highest BCUT2D eigenvalue weighted by molar-refractivity contribution is 8.00. The van der Waals surface area contributed by atoms with E-state index in [0.29, 0.717) is 27.0 Å². The van der Waals surface area contributed by atoms with Crippen LogP contribution in [0.25, 0.3) is 11.3 Å². The van der Waals surface area contributed by atoms with Crippen LogP contribution in [-0.2, 0) is 17.6 Å². The van der Waals surface area contributed by atoms with Gasteiger partial charge in [0.1, 0.15) is 11.1 Å². The van der Waals surface area contributed by atoms with E-state index in [-0.39, 0.29) is 11.6 Å². The molecule has 0 saturated carbocycles. The van der Waals surface area contributed by atoms with Crippen molar-refractivity contribution in [3.8, 4) is 17.3 Å². The standard InChI is InChI=1S/C23H21N5O3S2/c1-14(33-22-17(12-24)10-15-6-3-2-4-9-19(15)25-22)21(29)27-23-26-20(13-32-23)16-7-5-8-18(11-16)28(30)31/h5,7-8,10-11,13-14H,2-4,6,9H2,1H3,(H,26,27,29). The van der Waals surface area contributed by atoms with Gasteiger partial charge in [0.05, 0.1) is 21.4 Å². The molecule has 4 rings (SSSR count). The summed E-state index contributed by atoms with van der Waals surface area (Å²) < 4.78 is 0. The number of anilines is 1. The molecule has 0 saturated heterocycles. The summed E-state index contributed by atoms with van der Waals surface area (Å²) in [5.41, 5.74) is 3.82. The van der Waals surface area contributed by atoms with Crippen LogP contribution in [-0.4, -0.2) is 26.0 Å². The van der Waals surface area contributed by atoms with Crippen molar-refractivity contribution in [2.45, 2.75) is 49.3 Å². The Hall–Kier alpha value is -3.29.